The average Bonchev–Trinajstić information content (AvgIpc) is 3.07. The van der Waals surface area contributed by atoms with E-state index in [9.17, 15) is 13.2 Å². The number of hydrogen-bond donors (Lipinski definition) is 0. The molecule has 0 amide bonds. The molecule has 0 atom stereocenters. The Kier molecular flexibility index (Phi) is 4.21. The van der Waals surface area contributed by atoms with Crippen molar-refractivity contribution in [1.29, 1.82) is 0 Å². The van der Waals surface area contributed by atoms with E-state index in [0.717, 1.165) is 11.4 Å². The largest absolute Gasteiger partial charge is 0.573 e. The van der Waals surface area contributed by atoms with Crippen molar-refractivity contribution in [3.63, 3.8) is 0 Å². The molecule has 9 heteroatoms. The summed E-state index contributed by atoms with van der Waals surface area (Å²) in [6.45, 7) is 3.75. The van der Waals surface area contributed by atoms with Crippen LogP contribution in [0.15, 0.2) is 36.5 Å². The van der Waals surface area contributed by atoms with Gasteiger partial charge in [-0.3, -0.25) is 4.98 Å². The van der Waals surface area contributed by atoms with Gasteiger partial charge in [0.25, 0.3) is 0 Å². The Bertz CT molecular complexity index is 1170. The molecule has 3 heterocycles. The lowest BCUT2D eigenvalue weighted by Crippen LogP contribution is -2.17. The van der Waals surface area contributed by atoms with E-state index in [0.29, 0.717) is 28.1 Å². The molecule has 28 heavy (non-hydrogen) atoms. The lowest BCUT2D eigenvalue weighted by atomic mass is 10.2. The van der Waals surface area contributed by atoms with Gasteiger partial charge < -0.3 is 4.74 Å². The van der Waals surface area contributed by atoms with Crippen LogP contribution >= 0.6 is 0 Å². The van der Waals surface area contributed by atoms with Gasteiger partial charge in [0.1, 0.15) is 5.75 Å². The maximum atomic E-state index is 12.3. The summed E-state index contributed by atoms with van der Waals surface area (Å²) in [6, 6.07) is 7.39. The molecule has 6 nitrogen and oxygen atoms in total. The highest BCUT2D eigenvalue weighted by atomic mass is 19.4. The second-order valence-corrected chi connectivity index (χ2v) is 6.16. The van der Waals surface area contributed by atoms with Crippen LogP contribution in [0.1, 0.15) is 22.9 Å². The van der Waals surface area contributed by atoms with Gasteiger partial charge >= 0.3 is 6.36 Å². The Labute approximate surface area is 157 Å². The normalized spacial score (nSPS) is 12.3. The summed E-state index contributed by atoms with van der Waals surface area (Å²) >= 11 is 0. The van der Waals surface area contributed by atoms with Crippen LogP contribution in [0, 0.1) is 13.8 Å². The van der Waals surface area contributed by atoms with Crippen LogP contribution in [-0.2, 0) is 0 Å². The number of alkyl halides is 3. The summed E-state index contributed by atoms with van der Waals surface area (Å²) in [5.41, 5.74) is 3.51. The van der Waals surface area contributed by atoms with Gasteiger partial charge in [-0.05, 0) is 50.3 Å². The second-order valence-electron chi connectivity index (χ2n) is 6.16. The molecule has 0 saturated carbocycles. The number of hydrogen-bond acceptors (Lipinski definition) is 5. The zero-order valence-electron chi connectivity index (χ0n) is 14.9. The number of aromatic nitrogens is 5. The summed E-state index contributed by atoms with van der Waals surface area (Å²) in [5, 5.41) is 4.97. The smallest absolute Gasteiger partial charge is 0.406 e. The van der Waals surface area contributed by atoms with Crippen molar-refractivity contribution in [3.8, 4) is 5.75 Å². The number of aryl methyl sites for hydroxylation is 2. The number of rotatable bonds is 3. The number of nitrogens with zero attached hydrogens (tertiary/aromatic N) is 5. The molecule has 0 aliphatic rings. The molecular weight excluding hydrogens is 371 g/mol. The Morgan fingerprint density at radius 1 is 1.04 bits per heavy atom. The molecule has 0 aliphatic carbocycles. The third-order valence-corrected chi connectivity index (χ3v) is 4.05. The van der Waals surface area contributed by atoms with E-state index >= 15 is 0 Å². The highest BCUT2D eigenvalue weighted by molar-refractivity contribution is 5.82. The molecule has 4 rings (SSSR count). The summed E-state index contributed by atoms with van der Waals surface area (Å²) in [7, 11) is 0. The van der Waals surface area contributed by atoms with E-state index in [1.54, 1.807) is 35.0 Å². The molecule has 142 valence electrons. The second kappa shape index (κ2) is 6.59. The lowest BCUT2D eigenvalue weighted by molar-refractivity contribution is -0.274. The molecule has 0 bridgehead atoms. The van der Waals surface area contributed by atoms with Crippen molar-refractivity contribution in [2.24, 2.45) is 0 Å². The monoisotopic (exact) mass is 385 g/mol. The molecule has 0 unspecified atom stereocenters. The Morgan fingerprint density at radius 3 is 2.61 bits per heavy atom. The van der Waals surface area contributed by atoms with Gasteiger partial charge in [0.05, 0.1) is 22.6 Å². The van der Waals surface area contributed by atoms with Crippen LogP contribution in [0.4, 0.5) is 13.2 Å². The van der Waals surface area contributed by atoms with Crippen LogP contribution in [0.2, 0.25) is 0 Å². The van der Waals surface area contributed by atoms with Crippen molar-refractivity contribution >= 4 is 28.7 Å². The quantitative estimate of drug-likeness (QED) is 0.524. The SMILES string of the molecule is Cc1ncc(C)n2nc(C=Cc3ccc4cc(OC(F)(F)F)ccc4n3)nc12. The predicted octanol–water partition coefficient (Wildman–Crippen LogP) is 4.36. The van der Waals surface area contributed by atoms with Gasteiger partial charge in [-0.1, -0.05) is 6.07 Å². The van der Waals surface area contributed by atoms with E-state index in [4.69, 9.17) is 0 Å². The van der Waals surface area contributed by atoms with E-state index in [-0.39, 0.29) is 5.75 Å². The number of pyridine rings is 1. The fraction of sp³-hybridized carbons (Fsp3) is 0.158. The van der Waals surface area contributed by atoms with Crippen LogP contribution in [0.5, 0.6) is 5.75 Å². The highest BCUT2D eigenvalue weighted by Gasteiger charge is 2.31. The zero-order chi connectivity index (χ0) is 19.9. The third-order valence-electron chi connectivity index (χ3n) is 4.05. The standard InChI is InChI=1S/C19H14F3N5O/c1-11-10-23-12(2)18-25-17(26-27(11)18)8-5-14-4-3-13-9-15(28-19(20,21)22)6-7-16(13)24-14/h3-10H,1-2H3. The summed E-state index contributed by atoms with van der Waals surface area (Å²) in [5.74, 6) is 0.230. The molecule has 3 aromatic heterocycles. The molecule has 4 aromatic rings. The van der Waals surface area contributed by atoms with Crippen molar-refractivity contribution in [2.45, 2.75) is 20.2 Å². The third kappa shape index (κ3) is 3.64. The van der Waals surface area contributed by atoms with Crippen LogP contribution < -0.4 is 4.74 Å². The maximum absolute atomic E-state index is 12.3. The molecule has 0 aliphatic heterocycles. The van der Waals surface area contributed by atoms with Gasteiger partial charge in [-0.2, -0.15) is 0 Å². The molecule has 1 aromatic carbocycles. The number of halogens is 3. The van der Waals surface area contributed by atoms with E-state index in [2.05, 4.69) is 24.8 Å². The van der Waals surface area contributed by atoms with E-state index < -0.39 is 6.36 Å². The van der Waals surface area contributed by atoms with Crippen LogP contribution in [0.25, 0.3) is 28.7 Å². The van der Waals surface area contributed by atoms with Gasteiger partial charge in [-0.25, -0.2) is 14.5 Å². The molecule has 0 N–H and O–H groups in total. The van der Waals surface area contributed by atoms with Gasteiger partial charge in [0, 0.05) is 11.6 Å². The molecule has 0 saturated heterocycles. The minimum Gasteiger partial charge on any atom is -0.406 e. The number of benzene rings is 1. The lowest BCUT2D eigenvalue weighted by Gasteiger charge is -2.09. The average molecular weight is 385 g/mol. The first kappa shape index (κ1) is 17.9. The first-order valence-corrected chi connectivity index (χ1v) is 8.32. The molecule has 0 spiro atoms. The molecule has 0 radical (unpaired) electrons. The first-order valence-electron chi connectivity index (χ1n) is 8.32. The number of fused-ring (bicyclic) bond motifs is 2. The van der Waals surface area contributed by atoms with Crippen molar-refractivity contribution in [3.05, 3.63) is 59.4 Å². The van der Waals surface area contributed by atoms with Crippen molar-refractivity contribution < 1.29 is 17.9 Å². The Morgan fingerprint density at radius 2 is 1.86 bits per heavy atom. The van der Waals surface area contributed by atoms with E-state index in [1.807, 2.05) is 13.8 Å². The maximum Gasteiger partial charge on any atom is 0.573 e. The summed E-state index contributed by atoms with van der Waals surface area (Å²) < 4.78 is 42.6. The fourth-order valence-electron chi connectivity index (χ4n) is 2.75. The van der Waals surface area contributed by atoms with Crippen molar-refractivity contribution in [1.82, 2.24) is 24.6 Å². The Balaban J connectivity index is 1.62. The van der Waals surface area contributed by atoms with Crippen molar-refractivity contribution in [2.75, 3.05) is 0 Å². The van der Waals surface area contributed by atoms with Crippen LogP contribution in [-0.4, -0.2) is 30.9 Å². The van der Waals surface area contributed by atoms with Gasteiger partial charge in [0.15, 0.2) is 11.5 Å². The van der Waals surface area contributed by atoms with E-state index in [1.165, 1.54) is 18.2 Å². The first-order chi connectivity index (χ1) is 13.3. The van der Waals surface area contributed by atoms with Crippen LogP contribution in [0.3, 0.4) is 0 Å². The zero-order valence-corrected chi connectivity index (χ0v) is 14.9. The minimum absolute atomic E-state index is 0.279. The fourth-order valence-corrected chi connectivity index (χ4v) is 2.75. The Hall–Kier alpha value is -3.49. The minimum atomic E-state index is -4.73. The highest BCUT2D eigenvalue weighted by Crippen LogP contribution is 2.26. The topological polar surface area (TPSA) is 65.2 Å². The van der Waals surface area contributed by atoms with Gasteiger partial charge in [-0.15, -0.1) is 18.3 Å². The van der Waals surface area contributed by atoms with Gasteiger partial charge in [0.2, 0.25) is 0 Å². The number of ether oxygens (including phenoxy) is 1. The molecule has 0 fully saturated rings. The summed E-state index contributed by atoms with van der Waals surface area (Å²) in [6.07, 6.45) is 0.469. The summed E-state index contributed by atoms with van der Waals surface area (Å²) in [4.78, 5) is 13.1. The molecular formula is C19H14F3N5O. The predicted molar refractivity (Wildman–Crippen MR) is 97.6 cm³/mol.